The minimum atomic E-state index is -3.55. The van der Waals surface area contributed by atoms with E-state index >= 15 is 0 Å². The van der Waals surface area contributed by atoms with E-state index in [9.17, 15) is 8.42 Å². The lowest BCUT2D eigenvalue weighted by atomic mass is 10.2. The van der Waals surface area contributed by atoms with Crippen LogP contribution in [0.3, 0.4) is 0 Å². The summed E-state index contributed by atoms with van der Waals surface area (Å²) in [5.41, 5.74) is 1.03. The van der Waals surface area contributed by atoms with Crippen molar-refractivity contribution in [3.63, 3.8) is 0 Å². The Morgan fingerprint density at radius 3 is 2.29 bits per heavy atom. The first-order valence-corrected chi connectivity index (χ1v) is 6.67. The zero-order chi connectivity index (χ0) is 10.6. The van der Waals surface area contributed by atoms with Crippen molar-refractivity contribution in [1.29, 1.82) is 0 Å². The minimum absolute atomic E-state index is 0.155. The molecule has 3 nitrogen and oxygen atoms in total. The van der Waals surface area contributed by atoms with Gasteiger partial charge < -0.3 is 0 Å². The zero-order valence-electron chi connectivity index (χ0n) is 7.73. The highest BCUT2D eigenvalue weighted by molar-refractivity contribution is 9.08. The Labute approximate surface area is 92.3 Å². The fraction of sp³-hybridized carbons (Fsp3) is 0.333. The molecule has 0 atom stereocenters. The molecule has 1 aromatic carbocycles. The second-order valence-corrected chi connectivity index (χ2v) is 4.81. The van der Waals surface area contributed by atoms with Crippen LogP contribution in [0.1, 0.15) is 12.5 Å². The molecule has 0 amide bonds. The predicted octanol–water partition coefficient (Wildman–Crippen LogP) is 2.31. The molecule has 0 aliphatic carbocycles. The molecule has 0 aromatic heterocycles. The van der Waals surface area contributed by atoms with Gasteiger partial charge in [0.05, 0.1) is 11.5 Å². The number of hydrogen-bond acceptors (Lipinski definition) is 3. The topological polar surface area (TPSA) is 43.4 Å². The van der Waals surface area contributed by atoms with Crippen LogP contribution < -0.4 is 0 Å². The lowest BCUT2D eigenvalue weighted by Gasteiger charge is -2.03. The maximum atomic E-state index is 11.4. The molecule has 0 N–H and O–H groups in total. The largest absolute Gasteiger partial charge is 0.296 e. The van der Waals surface area contributed by atoms with Crippen LogP contribution in [-0.4, -0.2) is 15.0 Å². The van der Waals surface area contributed by atoms with Crippen LogP contribution in [0.2, 0.25) is 0 Å². The molecule has 0 heterocycles. The van der Waals surface area contributed by atoms with Gasteiger partial charge in [0.15, 0.2) is 0 Å². The SMILES string of the molecule is CCOS(=O)(=O)c1ccc(CBr)cc1. The summed E-state index contributed by atoms with van der Waals surface area (Å²) >= 11 is 3.28. The zero-order valence-corrected chi connectivity index (χ0v) is 10.1. The molecule has 0 aliphatic heterocycles. The number of alkyl halides is 1. The van der Waals surface area contributed by atoms with Crippen LogP contribution in [0.4, 0.5) is 0 Å². The number of rotatable bonds is 4. The van der Waals surface area contributed by atoms with Gasteiger partial charge in [-0.2, -0.15) is 8.42 Å². The quantitative estimate of drug-likeness (QED) is 0.627. The molecule has 0 radical (unpaired) electrons. The first-order chi connectivity index (χ1) is 6.60. The number of benzene rings is 1. The van der Waals surface area contributed by atoms with Crippen LogP contribution in [0, 0.1) is 0 Å². The first kappa shape index (κ1) is 11.7. The fourth-order valence-electron chi connectivity index (χ4n) is 0.968. The Kier molecular flexibility index (Phi) is 4.10. The summed E-state index contributed by atoms with van der Waals surface area (Å²) in [5, 5.41) is 0.710. The minimum Gasteiger partial charge on any atom is -0.267 e. The molecule has 0 bridgehead atoms. The monoisotopic (exact) mass is 278 g/mol. The molecule has 1 rings (SSSR count). The van der Waals surface area contributed by atoms with Crippen LogP contribution in [0.5, 0.6) is 0 Å². The molecule has 78 valence electrons. The molecule has 0 aliphatic rings. The summed E-state index contributed by atoms with van der Waals surface area (Å²) in [6.07, 6.45) is 0. The van der Waals surface area contributed by atoms with E-state index in [1.807, 2.05) is 0 Å². The Morgan fingerprint density at radius 2 is 1.86 bits per heavy atom. The summed E-state index contributed by atoms with van der Waals surface area (Å²) in [6, 6.07) is 6.59. The van der Waals surface area contributed by atoms with Gasteiger partial charge in [-0.1, -0.05) is 28.1 Å². The summed E-state index contributed by atoms with van der Waals surface area (Å²) in [5.74, 6) is 0. The van der Waals surface area contributed by atoms with Gasteiger partial charge in [0.2, 0.25) is 0 Å². The van der Waals surface area contributed by atoms with Gasteiger partial charge in [0, 0.05) is 5.33 Å². The van der Waals surface area contributed by atoms with E-state index in [0.717, 1.165) is 5.56 Å². The first-order valence-electron chi connectivity index (χ1n) is 4.14. The molecule has 0 saturated carbocycles. The van der Waals surface area contributed by atoms with Crippen molar-refractivity contribution in [3.05, 3.63) is 29.8 Å². The summed E-state index contributed by atoms with van der Waals surface area (Å²) in [7, 11) is -3.55. The lowest BCUT2D eigenvalue weighted by molar-refractivity contribution is 0.338. The van der Waals surface area contributed by atoms with E-state index in [1.165, 1.54) is 0 Å². The standard InChI is InChI=1S/C9H11BrO3S/c1-2-13-14(11,12)9-5-3-8(7-10)4-6-9/h3-6H,2,7H2,1H3. The van der Waals surface area contributed by atoms with E-state index in [-0.39, 0.29) is 11.5 Å². The van der Waals surface area contributed by atoms with Crippen LogP contribution in [0.25, 0.3) is 0 Å². The molecule has 0 unspecified atom stereocenters. The van der Waals surface area contributed by atoms with Crippen molar-refractivity contribution < 1.29 is 12.6 Å². The molecule has 0 fully saturated rings. The van der Waals surface area contributed by atoms with Crippen LogP contribution in [-0.2, 0) is 19.6 Å². The van der Waals surface area contributed by atoms with Gasteiger partial charge in [0.1, 0.15) is 0 Å². The lowest BCUT2D eigenvalue weighted by Crippen LogP contribution is -2.05. The normalized spacial score (nSPS) is 11.6. The van der Waals surface area contributed by atoms with Gasteiger partial charge in [-0.15, -0.1) is 0 Å². The van der Waals surface area contributed by atoms with Crippen molar-refractivity contribution in [2.24, 2.45) is 0 Å². The average molecular weight is 279 g/mol. The Hall–Kier alpha value is -0.390. The molecular weight excluding hydrogens is 268 g/mol. The number of halogens is 1. The van der Waals surface area contributed by atoms with Crippen molar-refractivity contribution in [1.82, 2.24) is 0 Å². The van der Waals surface area contributed by atoms with Crippen LogP contribution in [0.15, 0.2) is 29.2 Å². The molecule has 1 aromatic rings. The highest BCUT2D eigenvalue weighted by Crippen LogP contribution is 2.14. The van der Waals surface area contributed by atoms with Gasteiger partial charge in [-0.3, -0.25) is 4.18 Å². The second kappa shape index (κ2) is 4.91. The van der Waals surface area contributed by atoms with Crippen molar-refractivity contribution >= 4 is 26.0 Å². The Balaban J connectivity index is 2.97. The van der Waals surface area contributed by atoms with Crippen molar-refractivity contribution in [2.75, 3.05) is 6.61 Å². The Bertz CT molecular complexity index is 383. The summed E-state index contributed by atoms with van der Waals surface area (Å²) < 4.78 is 27.4. The van der Waals surface area contributed by atoms with Crippen LogP contribution >= 0.6 is 15.9 Å². The molecule has 14 heavy (non-hydrogen) atoms. The van der Waals surface area contributed by atoms with Gasteiger partial charge in [0.25, 0.3) is 10.1 Å². The van der Waals surface area contributed by atoms with E-state index in [2.05, 4.69) is 20.1 Å². The van der Waals surface area contributed by atoms with Gasteiger partial charge >= 0.3 is 0 Å². The maximum absolute atomic E-state index is 11.4. The maximum Gasteiger partial charge on any atom is 0.296 e. The molecule has 0 saturated heterocycles. The van der Waals surface area contributed by atoms with Gasteiger partial charge in [-0.25, -0.2) is 0 Å². The average Bonchev–Trinajstić information content (AvgIpc) is 2.18. The highest BCUT2D eigenvalue weighted by Gasteiger charge is 2.13. The second-order valence-electron chi connectivity index (χ2n) is 2.64. The van der Waals surface area contributed by atoms with Crippen molar-refractivity contribution in [3.8, 4) is 0 Å². The molecular formula is C9H11BrO3S. The molecule has 5 heteroatoms. The smallest absolute Gasteiger partial charge is 0.267 e. The third-order valence-electron chi connectivity index (χ3n) is 1.64. The van der Waals surface area contributed by atoms with E-state index in [1.54, 1.807) is 31.2 Å². The summed E-state index contributed by atoms with van der Waals surface area (Å²) in [4.78, 5) is 0.198. The predicted molar refractivity (Wildman–Crippen MR) is 57.9 cm³/mol. The third kappa shape index (κ3) is 2.80. The third-order valence-corrected chi connectivity index (χ3v) is 3.68. The summed E-state index contributed by atoms with van der Waals surface area (Å²) in [6.45, 7) is 1.80. The molecule has 0 spiro atoms. The van der Waals surface area contributed by atoms with E-state index < -0.39 is 10.1 Å². The number of hydrogen-bond donors (Lipinski definition) is 0. The Morgan fingerprint density at radius 1 is 1.29 bits per heavy atom. The fourth-order valence-corrected chi connectivity index (χ4v) is 2.26. The van der Waals surface area contributed by atoms with E-state index in [4.69, 9.17) is 0 Å². The van der Waals surface area contributed by atoms with Gasteiger partial charge in [-0.05, 0) is 24.6 Å². The van der Waals surface area contributed by atoms with E-state index in [0.29, 0.717) is 5.33 Å². The van der Waals surface area contributed by atoms with Crippen molar-refractivity contribution in [2.45, 2.75) is 17.1 Å². The highest BCUT2D eigenvalue weighted by atomic mass is 79.9.